The third-order valence-corrected chi connectivity index (χ3v) is 5.00. The summed E-state index contributed by atoms with van der Waals surface area (Å²) in [6.45, 7) is -0.0625. The highest BCUT2D eigenvalue weighted by molar-refractivity contribution is 7.90. The van der Waals surface area contributed by atoms with Gasteiger partial charge < -0.3 is 5.43 Å². The van der Waals surface area contributed by atoms with Crippen LogP contribution in [0.3, 0.4) is 0 Å². The number of carbonyl (C=O) groups is 1. The molecule has 1 aromatic carbocycles. The predicted octanol–water partition coefficient (Wildman–Crippen LogP) is 0.712. The van der Waals surface area contributed by atoms with E-state index in [2.05, 4.69) is 10.4 Å². The Hall–Kier alpha value is -2.45. The van der Waals surface area contributed by atoms with Gasteiger partial charge in [0.05, 0.1) is 12.1 Å². The number of sulfonamides is 1. The number of aromatic nitrogens is 1. The fourth-order valence-corrected chi connectivity index (χ4v) is 3.76. The Morgan fingerprint density at radius 2 is 2.00 bits per heavy atom. The summed E-state index contributed by atoms with van der Waals surface area (Å²) in [4.78, 5) is 16.2. The molecule has 7 nitrogen and oxygen atoms in total. The van der Waals surface area contributed by atoms with Crippen LogP contribution in [0.1, 0.15) is 15.9 Å². The SMILES string of the molecule is NNc1cc(CN2C(=O)c3ccccc3S2(=O)=O)ccn1. The van der Waals surface area contributed by atoms with Gasteiger partial charge in [0.25, 0.3) is 15.9 Å². The first kappa shape index (κ1) is 13.5. The number of pyridine rings is 1. The molecule has 0 saturated heterocycles. The second-order valence-corrected chi connectivity index (χ2v) is 6.34. The molecule has 0 fully saturated rings. The normalized spacial score (nSPS) is 15.9. The van der Waals surface area contributed by atoms with E-state index in [1.165, 1.54) is 18.3 Å². The number of hydrogen-bond acceptors (Lipinski definition) is 6. The molecule has 1 amide bonds. The summed E-state index contributed by atoms with van der Waals surface area (Å²) in [5, 5.41) is 0. The molecule has 3 rings (SSSR count). The van der Waals surface area contributed by atoms with Crippen LogP contribution in [0, 0.1) is 0 Å². The molecule has 1 aliphatic heterocycles. The molecular formula is C13H12N4O3S. The zero-order valence-electron chi connectivity index (χ0n) is 10.9. The van der Waals surface area contributed by atoms with Crippen molar-refractivity contribution in [2.75, 3.05) is 5.43 Å². The first-order chi connectivity index (χ1) is 10.0. The molecule has 0 bridgehead atoms. The van der Waals surface area contributed by atoms with E-state index in [0.717, 1.165) is 4.31 Å². The smallest absolute Gasteiger partial charge is 0.269 e. The summed E-state index contributed by atoms with van der Waals surface area (Å²) in [6, 6.07) is 9.39. The van der Waals surface area contributed by atoms with Gasteiger partial charge >= 0.3 is 0 Å². The van der Waals surface area contributed by atoms with Crippen LogP contribution in [0.5, 0.6) is 0 Å². The van der Waals surface area contributed by atoms with Gasteiger partial charge in [0.2, 0.25) is 0 Å². The minimum atomic E-state index is -3.80. The average Bonchev–Trinajstić information content (AvgIpc) is 2.69. The number of carbonyl (C=O) groups excluding carboxylic acids is 1. The number of nitrogens with one attached hydrogen (secondary N) is 1. The van der Waals surface area contributed by atoms with Gasteiger partial charge in [-0.1, -0.05) is 12.1 Å². The number of benzene rings is 1. The molecule has 0 aliphatic carbocycles. The maximum absolute atomic E-state index is 12.4. The van der Waals surface area contributed by atoms with E-state index in [4.69, 9.17) is 5.84 Å². The molecular weight excluding hydrogens is 292 g/mol. The standard InChI is InChI=1S/C13H12N4O3S/c14-16-12-7-9(5-6-15-12)8-17-13(18)10-3-1-2-4-11(10)21(17,19)20/h1-7H,8,14H2,(H,15,16). The highest BCUT2D eigenvalue weighted by Crippen LogP contribution is 2.31. The van der Waals surface area contributed by atoms with Crippen molar-refractivity contribution in [2.24, 2.45) is 5.84 Å². The van der Waals surface area contributed by atoms with Crippen LogP contribution in [-0.2, 0) is 16.6 Å². The van der Waals surface area contributed by atoms with Gasteiger partial charge in [0.1, 0.15) is 10.7 Å². The number of nitrogens with zero attached hydrogens (tertiary/aromatic N) is 2. The van der Waals surface area contributed by atoms with Crippen LogP contribution in [0.15, 0.2) is 47.5 Å². The number of fused-ring (bicyclic) bond motifs is 1. The Kier molecular flexibility index (Phi) is 3.11. The molecule has 8 heteroatoms. The van der Waals surface area contributed by atoms with Crippen molar-refractivity contribution in [1.82, 2.24) is 9.29 Å². The van der Waals surface area contributed by atoms with Crippen molar-refractivity contribution in [3.63, 3.8) is 0 Å². The maximum Gasteiger partial charge on any atom is 0.269 e. The second-order valence-electron chi connectivity index (χ2n) is 4.51. The number of hydrogen-bond donors (Lipinski definition) is 2. The molecule has 1 aromatic heterocycles. The van der Waals surface area contributed by atoms with Crippen LogP contribution in [0.2, 0.25) is 0 Å². The molecule has 2 heterocycles. The third kappa shape index (κ3) is 2.14. The van der Waals surface area contributed by atoms with E-state index < -0.39 is 15.9 Å². The predicted molar refractivity (Wildman–Crippen MR) is 75.5 cm³/mol. The minimum absolute atomic E-state index is 0.0428. The van der Waals surface area contributed by atoms with E-state index in [9.17, 15) is 13.2 Å². The molecule has 21 heavy (non-hydrogen) atoms. The van der Waals surface area contributed by atoms with Crippen molar-refractivity contribution in [3.05, 3.63) is 53.7 Å². The van der Waals surface area contributed by atoms with Crippen molar-refractivity contribution in [2.45, 2.75) is 11.4 Å². The number of anilines is 1. The Balaban J connectivity index is 1.99. The number of rotatable bonds is 3. The molecule has 0 saturated carbocycles. The average molecular weight is 304 g/mol. The monoisotopic (exact) mass is 304 g/mol. The number of hydrazine groups is 1. The Morgan fingerprint density at radius 3 is 2.71 bits per heavy atom. The van der Waals surface area contributed by atoms with Crippen LogP contribution >= 0.6 is 0 Å². The molecule has 0 spiro atoms. The van der Waals surface area contributed by atoms with Crippen LogP contribution in [0.4, 0.5) is 5.82 Å². The van der Waals surface area contributed by atoms with Crippen LogP contribution in [-0.4, -0.2) is 23.6 Å². The molecule has 1 aliphatic rings. The van der Waals surface area contributed by atoms with Crippen molar-refractivity contribution < 1.29 is 13.2 Å². The zero-order chi connectivity index (χ0) is 15.0. The third-order valence-electron chi connectivity index (χ3n) is 3.21. The van der Waals surface area contributed by atoms with Crippen LogP contribution in [0.25, 0.3) is 0 Å². The fraction of sp³-hybridized carbons (Fsp3) is 0.0769. The van der Waals surface area contributed by atoms with E-state index in [0.29, 0.717) is 11.4 Å². The summed E-state index contributed by atoms with van der Waals surface area (Å²) in [6.07, 6.45) is 1.49. The van der Waals surface area contributed by atoms with E-state index in [1.54, 1.807) is 24.3 Å². The van der Waals surface area contributed by atoms with E-state index in [-0.39, 0.29) is 17.0 Å². The fourth-order valence-electron chi connectivity index (χ4n) is 2.20. The lowest BCUT2D eigenvalue weighted by Crippen LogP contribution is -2.29. The van der Waals surface area contributed by atoms with Gasteiger partial charge in [0, 0.05) is 6.20 Å². The molecule has 0 unspecified atom stereocenters. The largest absolute Gasteiger partial charge is 0.308 e. The number of amides is 1. The Bertz CT molecular complexity index is 820. The van der Waals surface area contributed by atoms with Gasteiger partial charge in [-0.3, -0.25) is 4.79 Å². The van der Waals surface area contributed by atoms with Gasteiger partial charge in [-0.2, -0.15) is 0 Å². The maximum atomic E-state index is 12.4. The lowest BCUT2D eigenvalue weighted by molar-refractivity contribution is 0.0865. The molecule has 108 valence electrons. The zero-order valence-corrected chi connectivity index (χ0v) is 11.7. The van der Waals surface area contributed by atoms with Crippen molar-refractivity contribution in [1.29, 1.82) is 0 Å². The summed E-state index contributed by atoms with van der Waals surface area (Å²) < 4.78 is 25.7. The Morgan fingerprint density at radius 1 is 1.24 bits per heavy atom. The summed E-state index contributed by atoms with van der Waals surface area (Å²) in [5.74, 6) is 5.14. The molecule has 2 aromatic rings. The topological polar surface area (TPSA) is 105 Å². The second kappa shape index (κ2) is 4.83. The Labute approximate surface area is 121 Å². The number of nitrogens with two attached hydrogens (primary N) is 1. The first-order valence-electron chi connectivity index (χ1n) is 6.11. The molecule has 3 N–H and O–H groups in total. The minimum Gasteiger partial charge on any atom is -0.308 e. The lowest BCUT2D eigenvalue weighted by atomic mass is 10.2. The van der Waals surface area contributed by atoms with Gasteiger partial charge in [-0.15, -0.1) is 0 Å². The van der Waals surface area contributed by atoms with E-state index >= 15 is 0 Å². The summed E-state index contributed by atoms with van der Waals surface area (Å²) in [5.41, 5.74) is 3.19. The summed E-state index contributed by atoms with van der Waals surface area (Å²) in [7, 11) is -3.80. The summed E-state index contributed by atoms with van der Waals surface area (Å²) >= 11 is 0. The molecule has 0 atom stereocenters. The van der Waals surface area contributed by atoms with Gasteiger partial charge in [-0.25, -0.2) is 23.5 Å². The number of nitrogen functional groups attached to an aromatic ring is 1. The highest BCUT2D eigenvalue weighted by Gasteiger charge is 2.40. The van der Waals surface area contributed by atoms with Crippen molar-refractivity contribution in [3.8, 4) is 0 Å². The van der Waals surface area contributed by atoms with Crippen LogP contribution < -0.4 is 11.3 Å². The van der Waals surface area contributed by atoms with Gasteiger partial charge in [-0.05, 0) is 29.8 Å². The van der Waals surface area contributed by atoms with Gasteiger partial charge in [0.15, 0.2) is 0 Å². The highest BCUT2D eigenvalue weighted by atomic mass is 32.2. The quantitative estimate of drug-likeness (QED) is 0.639. The van der Waals surface area contributed by atoms with E-state index in [1.807, 2.05) is 0 Å². The van der Waals surface area contributed by atoms with Crippen molar-refractivity contribution >= 4 is 21.7 Å². The molecule has 0 radical (unpaired) electrons. The first-order valence-corrected chi connectivity index (χ1v) is 7.55. The lowest BCUT2D eigenvalue weighted by Gasteiger charge is -2.15.